The molecule has 1 aliphatic heterocycles. The standard InChI is InChI=1S/C23H23N5O3/c24-20-19(15-6-8-18(9-7-15)31-17-4-2-1-3-5-17)21(26-14-25-20)27-16-10-23(11-16)12-28(13-23)22(29)30/h1-9,14,16H,10-13H2,(H,29,30)(H3,24,25,26,27). The van der Waals surface area contributed by atoms with Crippen molar-refractivity contribution in [3.63, 3.8) is 0 Å². The summed E-state index contributed by atoms with van der Waals surface area (Å²) in [6.07, 6.45) is 2.46. The highest BCUT2D eigenvalue weighted by Gasteiger charge is 2.54. The predicted octanol–water partition coefficient (Wildman–Crippen LogP) is 4.07. The van der Waals surface area contributed by atoms with Crippen LogP contribution in [0.15, 0.2) is 60.9 Å². The molecule has 2 heterocycles. The van der Waals surface area contributed by atoms with Gasteiger partial charge in [-0.25, -0.2) is 14.8 Å². The lowest BCUT2D eigenvalue weighted by Gasteiger charge is -2.58. The number of benzene rings is 2. The molecule has 8 nitrogen and oxygen atoms in total. The number of carbonyl (C=O) groups is 1. The topological polar surface area (TPSA) is 114 Å². The second-order valence-corrected chi connectivity index (χ2v) is 8.31. The van der Waals surface area contributed by atoms with Crippen molar-refractivity contribution in [2.75, 3.05) is 24.1 Å². The molecule has 1 aliphatic carbocycles. The molecule has 0 bridgehead atoms. The molecule has 4 N–H and O–H groups in total. The molecule has 3 aromatic rings. The van der Waals surface area contributed by atoms with Crippen LogP contribution in [0.4, 0.5) is 16.4 Å². The Labute approximate surface area is 179 Å². The smallest absolute Gasteiger partial charge is 0.407 e. The number of para-hydroxylation sites is 1. The second-order valence-electron chi connectivity index (χ2n) is 8.31. The molecular formula is C23H23N5O3. The lowest BCUT2D eigenvalue weighted by Crippen LogP contribution is -2.65. The first kappa shape index (κ1) is 19.2. The summed E-state index contributed by atoms with van der Waals surface area (Å²) in [4.78, 5) is 21.1. The average molecular weight is 417 g/mol. The van der Waals surface area contributed by atoms with E-state index < -0.39 is 6.09 Å². The van der Waals surface area contributed by atoms with Crippen LogP contribution in [0.25, 0.3) is 11.1 Å². The van der Waals surface area contributed by atoms with Gasteiger partial charge >= 0.3 is 6.09 Å². The Bertz CT molecular complexity index is 1090. The molecule has 1 spiro atoms. The third-order valence-electron chi connectivity index (χ3n) is 6.02. The van der Waals surface area contributed by atoms with Gasteiger partial charge in [0.2, 0.25) is 0 Å². The van der Waals surface area contributed by atoms with Crippen LogP contribution in [0, 0.1) is 5.41 Å². The molecule has 8 heteroatoms. The predicted molar refractivity (Wildman–Crippen MR) is 117 cm³/mol. The quantitative estimate of drug-likeness (QED) is 0.573. The van der Waals surface area contributed by atoms with Crippen molar-refractivity contribution in [1.29, 1.82) is 0 Å². The molecule has 1 amide bonds. The Morgan fingerprint density at radius 2 is 1.74 bits per heavy atom. The van der Waals surface area contributed by atoms with Crippen molar-refractivity contribution in [2.45, 2.75) is 18.9 Å². The van der Waals surface area contributed by atoms with E-state index in [0.29, 0.717) is 24.7 Å². The zero-order valence-electron chi connectivity index (χ0n) is 16.9. The van der Waals surface area contributed by atoms with Crippen molar-refractivity contribution in [3.05, 3.63) is 60.9 Å². The van der Waals surface area contributed by atoms with Crippen LogP contribution < -0.4 is 15.8 Å². The normalized spacial score (nSPS) is 17.0. The fraction of sp³-hybridized carbons (Fsp3) is 0.261. The Morgan fingerprint density at radius 3 is 2.42 bits per heavy atom. The van der Waals surface area contributed by atoms with Crippen LogP contribution in [-0.4, -0.2) is 45.2 Å². The zero-order chi connectivity index (χ0) is 21.4. The summed E-state index contributed by atoms with van der Waals surface area (Å²) < 4.78 is 5.86. The number of carboxylic acid groups (broad SMARTS) is 1. The van der Waals surface area contributed by atoms with E-state index in [0.717, 1.165) is 35.5 Å². The summed E-state index contributed by atoms with van der Waals surface area (Å²) >= 11 is 0. The second kappa shape index (κ2) is 7.46. The van der Waals surface area contributed by atoms with Crippen LogP contribution >= 0.6 is 0 Å². The summed E-state index contributed by atoms with van der Waals surface area (Å²) in [7, 11) is 0. The van der Waals surface area contributed by atoms with Gasteiger partial charge < -0.3 is 25.8 Å². The van der Waals surface area contributed by atoms with Crippen molar-refractivity contribution >= 4 is 17.7 Å². The number of hydrogen-bond acceptors (Lipinski definition) is 6. The fourth-order valence-electron chi connectivity index (χ4n) is 4.55. The Morgan fingerprint density at radius 1 is 1.06 bits per heavy atom. The maximum absolute atomic E-state index is 11.0. The number of aromatic nitrogens is 2. The first-order chi connectivity index (χ1) is 15.0. The van der Waals surface area contributed by atoms with Gasteiger partial charge in [0.05, 0.1) is 5.56 Å². The van der Waals surface area contributed by atoms with E-state index in [-0.39, 0.29) is 11.5 Å². The van der Waals surface area contributed by atoms with E-state index in [1.807, 2.05) is 54.6 Å². The van der Waals surface area contributed by atoms with Crippen LogP contribution in [0.3, 0.4) is 0 Å². The number of nitrogens with one attached hydrogen (secondary N) is 1. The summed E-state index contributed by atoms with van der Waals surface area (Å²) in [5.41, 5.74) is 7.97. The van der Waals surface area contributed by atoms with Crippen LogP contribution in [0.1, 0.15) is 12.8 Å². The number of ether oxygens (including phenoxy) is 1. The van der Waals surface area contributed by atoms with Gasteiger partial charge in [0, 0.05) is 24.5 Å². The minimum Gasteiger partial charge on any atom is -0.465 e. The molecule has 2 aliphatic rings. The van der Waals surface area contributed by atoms with Gasteiger partial charge in [0.1, 0.15) is 29.5 Å². The highest BCUT2D eigenvalue weighted by atomic mass is 16.5. The van der Waals surface area contributed by atoms with Gasteiger partial charge in [-0.1, -0.05) is 30.3 Å². The highest BCUT2D eigenvalue weighted by Crippen LogP contribution is 2.49. The summed E-state index contributed by atoms with van der Waals surface area (Å²) in [6, 6.07) is 17.5. The fourth-order valence-corrected chi connectivity index (χ4v) is 4.55. The molecule has 0 atom stereocenters. The number of rotatable bonds is 5. The highest BCUT2D eigenvalue weighted by molar-refractivity contribution is 5.83. The lowest BCUT2D eigenvalue weighted by atomic mass is 9.61. The molecular weight excluding hydrogens is 394 g/mol. The third-order valence-corrected chi connectivity index (χ3v) is 6.02. The van der Waals surface area contributed by atoms with E-state index in [2.05, 4.69) is 15.3 Å². The van der Waals surface area contributed by atoms with Crippen LogP contribution in [0.5, 0.6) is 11.5 Å². The van der Waals surface area contributed by atoms with E-state index in [9.17, 15) is 4.79 Å². The molecule has 2 aromatic carbocycles. The van der Waals surface area contributed by atoms with Gasteiger partial charge in [-0.2, -0.15) is 0 Å². The largest absolute Gasteiger partial charge is 0.465 e. The maximum atomic E-state index is 11.0. The van der Waals surface area contributed by atoms with Gasteiger partial charge in [-0.15, -0.1) is 0 Å². The molecule has 158 valence electrons. The molecule has 1 aromatic heterocycles. The van der Waals surface area contributed by atoms with Crippen molar-refractivity contribution in [3.8, 4) is 22.6 Å². The van der Waals surface area contributed by atoms with Crippen molar-refractivity contribution in [1.82, 2.24) is 14.9 Å². The molecule has 5 rings (SSSR count). The summed E-state index contributed by atoms with van der Waals surface area (Å²) in [6.45, 7) is 1.23. The van der Waals surface area contributed by atoms with E-state index in [4.69, 9.17) is 15.6 Å². The first-order valence-electron chi connectivity index (χ1n) is 10.2. The minimum absolute atomic E-state index is 0.116. The minimum atomic E-state index is -0.840. The van der Waals surface area contributed by atoms with Crippen molar-refractivity contribution < 1.29 is 14.6 Å². The van der Waals surface area contributed by atoms with Gasteiger partial charge in [-0.05, 0) is 42.7 Å². The maximum Gasteiger partial charge on any atom is 0.407 e. The van der Waals surface area contributed by atoms with Gasteiger partial charge in [0.15, 0.2) is 0 Å². The average Bonchev–Trinajstić information content (AvgIpc) is 2.70. The number of hydrogen-bond donors (Lipinski definition) is 3. The SMILES string of the molecule is Nc1ncnc(NC2CC3(C2)CN(C(=O)O)C3)c1-c1ccc(Oc2ccccc2)cc1. The molecule has 31 heavy (non-hydrogen) atoms. The number of nitrogens with zero attached hydrogens (tertiary/aromatic N) is 3. The van der Waals surface area contributed by atoms with Crippen LogP contribution in [-0.2, 0) is 0 Å². The van der Waals surface area contributed by atoms with E-state index >= 15 is 0 Å². The number of nitrogens with two attached hydrogens (primary N) is 1. The monoisotopic (exact) mass is 417 g/mol. The van der Waals surface area contributed by atoms with Gasteiger partial charge in [0.25, 0.3) is 0 Å². The van der Waals surface area contributed by atoms with Gasteiger partial charge in [-0.3, -0.25) is 0 Å². The van der Waals surface area contributed by atoms with E-state index in [1.54, 1.807) is 0 Å². The van der Waals surface area contributed by atoms with Crippen LogP contribution in [0.2, 0.25) is 0 Å². The lowest BCUT2D eigenvalue weighted by molar-refractivity contribution is -0.0519. The molecule has 1 saturated carbocycles. The molecule has 0 unspecified atom stereocenters. The van der Waals surface area contributed by atoms with Crippen molar-refractivity contribution in [2.24, 2.45) is 5.41 Å². The van der Waals surface area contributed by atoms with E-state index in [1.165, 1.54) is 11.2 Å². The summed E-state index contributed by atoms with van der Waals surface area (Å²) in [5, 5.41) is 12.5. The number of nitrogen functional groups attached to an aromatic ring is 1. The molecule has 0 radical (unpaired) electrons. The molecule has 1 saturated heterocycles. The third kappa shape index (κ3) is 3.72. The zero-order valence-corrected chi connectivity index (χ0v) is 16.9. The number of amides is 1. The Kier molecular flexibility index (Phi) is 4.62. The molecule has 2 fully saturated rings. The summed E-state index contributed by atoms with van der Waals surface area (Å²) in [5.74, 6) is 2.60. The first-order valence-corrected chi connectivity index (χ1v) is 10.2. The Hall–Kier alpha value is -3.81. The number of anilines is 2. The Balaban J connectivity index is 1.29. The number of likely N-dealkylation sites (tertiary alicyclic amines) is 1.